The lowest BCUT2D eigenvalue weighted by Crippen LogP contribution is -2.57. The number of piperidine rings is 1. The smallest absolute Gasteiger partial charge is 0.337 e. The first-order valence-electron chi connectivity index (χ1n) is 16.0. The van der Waals surface area contributed by atoms with Crippen molar-refractivity contribution in [3.63, 3.8) is 0 Å². The van der Waals surface area contributed by atoms with E-state index in [0.29, 0.717) is 55.6 Å². The van der Waals surface area contributed by atoms with E-state index in [-0.39, 0.29) is 23.4 Å². The molecule has 4 unspecified atom stereocenters. The van der Waals surface area contributed by atoms with E-state index in [0.717, 1.165) is 43.7 Å². The molecule has 0 bridgehead atoms. The van der Waals surface area contributed by atoms with Crippen molar-refractivity contribution in [2.45, 2.75) is 39.0 Å². The van der Waals surface area contributed by atoms with Gasteiger partial charge in [0.1, 0.15) is 0 Å². The second-order valence-electron chi connectivity index (χ2n) is 12.8. The fourth-order valence-corrected chi connectivity index (χ4v) is 7.62. The molecule has 3 aliphatic rings. The molecule has 2 aromatic carbocycles. The van der Waals surface area contributed by atoms with Gasteiger partial charge >= 0.3 is 11.9 Å². The third-order valence-electron chi connectivity index (χ3n) is 9.76. The second-order valence-corrected chi connectivity index (χ2v) is 12.8. The van der Waals surface area contributed by atoms with E-state index >= 15 is 0 Å². The van der Waals surface area contributed by atoms with Gasteiger partial charge in [-0.05, 0) is 72.9 Å². The second kappa shape index (κ2) is 14.4. The molecule has 2 aliphatic heterocycles. The number of likely N-dealkylation sites (tertiary alicyclic amines) is 1. The number of hydrogen-bond donors (Lipinski definition) is 0. The molecule has 11 heteroatoms. The summed E-state index contributed by atoms with van der Waals surface area (Å²) in [5.41, 5.74) is 2.53. The Bertz CT molecular complexity index is 1360. The van der Waals surface area contributed by atoms with Gasteiger partial charge in [0.25, 0.3) is 5.69 Å². The molecule has 0 N–H and O–H groups in total. The van der Waals surface area contributed by atoms with Crippen LogP contribution in [0, 0.1) is 33.8 Å². The van der Waals surface area contributed by atoms with E-state index in [1.165, 1.54) is 45.3 Å². The van der Waals surface area contributed by atoms with Gasteiger partial charge in [-0.15, -0.1) is 0 Å². The van der Waals surface area contributed by atoms with E-state index in [1.54, 1.807) is 24.3 Å². The maximum atomic E-state index is 14.1. The predicted molar refractivity (Wildman–Crippen MR) is 169 cm³/mol. The van der Waals surface area contributed by atoms with Crippen LogP contribution < -0.4 is 4.90 Å². The topological polar surface area (TPSA) is 123 Å². The highest BCUT2D eigenvalue weighted by molar-refractivity contribution is 5.95. The van der Waals surface area contributed by atoms with Gasteiger partial charge in [-0.2, -0.15) is 0 Å². The molecular weight excluding hydrogens is 576 g/mol. The first-order valence-corrected chi connectivity index (χ1v) is 16.0. The quantitative estimate of drug-likeness (QED) is 0.228. The van der Waals surface area contributed by atoms with Crippen LogP contribution in [0.5, 0.6) is 0 Å². The average molecular weight is 621 g/mol. The number of rotatable bonds is 9. The Hall–Kier alpha value is -3.99. The third kappa shape index (κ3) is 7.64. The van der Waals surface area contributed by atoms with Gasteiger partial charge in [-0.1, -0.05) is 19.8 Å². The predicted octanol–water partition coefficient (Wildman–Crippen LogP) is 4.43. The number of anilines is 1. The SMILES string of the molecule is COC(=O)c1cc(CC(C)CN2CC3CCCCC3C(C(=O)N3CCN(c4ccc([N+](=O)[O-])cc4)CC3)C2)cc(C(=O)OC)c1. The zero-order chi connectivity index (χ0) is 32.1. The van der Waals surface area contributed by atoms with Crippen molar-refractivity contribution < 1.29 is 28.8 Å². The minimum Gasteiger partial charge on any atom is -0.465 e. The molecule has 2 saturated heterocycles. The van der Waals surface area contributed by atoms with Gasteiger partial charge in [0.15, 0.2) is 0 Å². The van der Waals surface area contributed by atoms with Crippen molar-refractivity contribution in [2.75, 3.05) is 64.9 Å². The van der Waals surface area contributed by atoms with Gasteiger partial charge in [0, 0.05) is 63.6 Å². The zero-order valence-corrected chi connectivity index (χ0v) is 26.5. The number of methoxy groups -OCH3 is 2. The average Bonchev–Trinajstić information content (AvgIpc) is 3.06. The van der Waals surface area contributed by atoms with Gasteiger partial charge in [0.05, 0.1) is 36.2 Å². The molecule has 1 amide bonds. The number of carbonyl (C=O) groups is 3. The maximum Gasteiger partial charge on any atom is 0.337 e. The molecule has 2 aromatic rings. The standard InChI is InChI=1S/C34H44N4O7/c1-23(16-24-17-26(33(40)44-2)19-27(18-24)34(41)45-3)20-35-21-25-6-4-5-7-30(25)31(22-35)32(39)37-14-12-36(13-15-37)28-8-10-29(11-9-28)38(42)43/h8-11,17-19,23,25,30-31H,4-7,12-16,20-22H2,1-3H3. The molecular formula is C34H44N4O7. The molecule has 45 heavy (non-hydrogen) atoms. The van der Waals surface area contributed by atoms with Crippen molar-refractivity contribution in [1.82, 2.24) is 9.80 Å². The summed E-state index contributed by atoms with van der Waals surface area (Å²) >= 11 is 0. The van der Waals surface area contributed by atoms with Crippen LogP contribution in [0.2, 0.25) is 0 Å². The summed E-state index contributed by atoms with van der Waals surface area (Å²) in [6.45, 7) is 7.39. The number of nitro groups is 1. The number of nitro benzene ring substituents is 1. The van der Waals surface area contributed by atoms with Crippen LogP contribution in [0.3, 0.4) is 0 Å². The maximum absolute atomic E-state index is 14.1. The molecule has 3 fully saturated rings. The third-order valence-corrected chi connectivity index (χ3v) is 9.76. The van der Waals surface area contributed by atoms with E-state index in [2.05, 4.69) is 16.7 Å². The number of hydrogen-bond acceptors (Lipinski definition) is 9. The molecule has 0 aromatic heterocycles. The zero-order valence-electron chi connectivity index (χ0n) is 26.5. The lowest BCUT2D eigenvalue weighted by atomic mass is 9.69. The number of non-ortho nitro benzene ring substituents is 1. The molecule has 0 radical (unpaired) electrons. The fourth-order valence-electron chi connectivity index (χ4n) is 7.62. The number of amides is 1. The van der Waals surface area contributed by atoms with Gasteiger partial charge in [0.2, 0.25) is 5.91 Å². The number of piperazine rings is 1. The normalized spacial score (nSPS) is 22.7. The van der Waals surface area contributed by atoms with Crippen LogP contribution in [-0.4, -0.2) is 92.6 Å². The van der Waals surface area contributed by atoms with Crippen molar-refractivity contribution >= 4 is 29.2 Å². The van der Waals surface area contributed by atoms with Crippen molar-refractivity contribution in [2.24, 2.45) is 23.7 Å². The lowest BCUT2D eigenvalue weighted by molar-refractivity contribution is -0.384. The van der Waals surface area contributed by atoms with Gasteiger partial charge < -0.3 is 24.2 Å². The number of benzene rings is 2. The van der Waals surface area contributed by atoms with Gasteiger partial charge in [-0.25, -0.2) is 9.59 Å². The molecule has 1 saturated carbocycles. The summed E-state index contributed by atoms with van der Waals surface area (Å²) in [6, 6.07) is 11.7. The number of ether oxygens (including phenoxy) is 2. The van der Waals surface area contributed by atoms with Crippen LogP contribution in [0.25, 0.3) is 0 Å². The van der Waals surface area contributed by atoms with Crippen molar-refractivity contribution in [1.29, 1.82) is 0 Å². The summed E-state index contributed by atoms with van der Waals surface area (Å²) in [4.78, 5) is 55.9. The number of nitrogens with zero attached hydrogens (tertiary/aromatic N) is 4. The summed E-state index contributed by atoms with van der Waals surface area (Å²) in [6.07, 6.45) is 5.30. The minimum absolute atomic E-state index is 0.0317. The molecule has 11 nitrogen and oxygen atoms in total. The molecule has 242 valence electrons. The number of esters is 2. The molecule has 2 heterocycles. The Balaban J connectivity index is 1.23. The van der Waals surface area contributed by atoms with Crippen LogP contribution >= 0.6 is 0 Å². The Labute approximate surface area is 264 Å². The molecule has 1 aliphatic carbocycles. The summed E-state index contributed by atoms with van der Waals surface area (Å²) < 4.78 is 9.80. The fraction of sp³-hybridized carbons (Fsp3) is 0.559. The Morgan fingerprint density at radius 2 is 1.53 bits per heavy atom. The van der Waals surface area contributed by atoms with Crippen molar-refractivity contribution in [3.8, 4) is 0 Å². The lowest BCUT2D eigenvalue weighted by Gasteiger charge is -2.48. The largest absolute Gasteiger partial charge is 0.465 e. The molecule has 5 rings (SSSR count). The van der Waals surface area contributed by atoms with E-state index in [9.17, 15) is 24.5 Å². The highest BCUT2D eigenvalue weighted by atomic mass is 16.6. The highest BCUT2D eigenvalue weighted by Crippen LogP contribution is 2.40. The minimum atomic E-state index is -0.496. The Kier molecular flexibility index (Phi) is 10.4. The van der Waals surface area contributed by atoms with E-state index in [1.807, 2.05) is 4.90 Å². The molecule has 0 spiro atoms. The van der Waals surface area contributed by atoms with Crippen molar-refractivity contribution in [3.05, 3.63) is 69.3 Å². The van der Waals surface area contributed by atoms with E-state index < -0.39 is 16.9 Å². The summed E-state index contributed by atoms with van der Waals surface area (Å²) in [5, 5.41) is 11.0. The Morgan fingerprint density at radius 3 is 2.13 bits per heavy atom. The Morgan fingerprint density at radius 1 is 0.911 bits per heavy atom. The first kappa shape index (κ1) is 32.4. The highest BCUT2D eigenvalue weighted by Gasteiger charge is 2.43. The monoisotopic (exact) mass is 620 g/mol. The van der Waals surface area contributed by atoms with Gasteiger partial charge in [-0.3, -0.25) is 14.9 Å². The first-order chi connectivity index (χ1) is 21.7. The molecule has 4 atom stereocenters. The van der Waals surface area contributed by atoms with Crippen LogP contribution in [0.15, 0.2) is 42.5 Å². The number of carbonyl (C=O) groups excluding carboxylic acids is 3. The summed E-state index contributed by atoms with van der Waals surface area (Å²) in [5.74, 6) is 0.364. The number of fused-ring (bicyclic) bond motifs is 1. The summed E-state index contributed by atoms with van der Waals surface area (Å²) in [7, 11) is 2.64. The van der Waals surface area contributed by atoms with E-state index in [4.69, 9.17) is 9.47 Å². The van der Waals surface area contributed by atoms with Crippen LogP contribution in [0.4, 0.5) is 11.4 Å². The van der Waals surface area contributed by atoms with Crippen LogP contribution in [0.1, 0.15) is 58.9 Å². The van der Waals surface area contributed by atoms with Crippen LogP contribution in [-0.2, 0) is 20.7 Å².